The van der Waals surface area contributed by atoms with Crippen molar-refractivity contribution in [3.05, 3.63) is 30.1 Å². The van der Waals surface area contributed by atoms with Gasteiger partial charge in [0.05, 0.1) is 5.92 Å². The van der Waals surface area contributed by atoms with Crippen LogP contribution in [0.25, 0.3) is 0 Å². The monoisotopic (exact) mass is 241 g/mol. The van der Waals surface area contributed by atoms with Crippen molar-refractivity contribution < 1.29 is 14.0 Å². The molecule has 0 radical (unpaired) electrons. The van der Waals surface area contributed by atoms with Crippen LogP contribution in [0.4, 0.5) is 10.1 Å². The van der Waals surface area contributed by atoms with Crippen LogP contribution in [-0.4, -0.2) is 17.7 Å². The van der Waals surface area contributed by atoms with Crippen LogP contribution in [-0.2, 0) is 9.59 Å². The lowest BCUT2D eigenvalue weighted by molar-refractivity contribution is -0.120. The minimum absolute atomic E-state index is 0.0961. The van der Waals surface area contributed by atoms with Crippen LogP contribution in [0.3, 0.4) is 0 Å². The quantitative estimate of drug-likeness (QED) is 0.742. The van der Waals surface area contributed by atoms with Gasteiger partial charge in [0.1, 0.15) is 5.82 Å². The standard InChI is InChI=1S/C11H9ClFNO2/c12-11(16)7-4-10(15)14(6-7)9-3-1-2-8(13)5-9/h1-3,5,7H,4,6H2. The highest BCUT2D eigenvalue weighted by Crippen LogP contribution is 2.26. The highest BCUT2D eigenvalue weighted by Gasteiger charge is 2.34. The Morgan fingerprint density at radius 3 is 2.81 bits per heavy atom. The normalized spacial score (nSPS) is 20.2. The van der Waals surface area contributed by atoms with E-state index in [4.69, 9.17) is 11.6 Å². The molecule has 3 nitrogen and oxygen atoms in total. The summed E-state index contributed by atoms with van der Waals surface area (Å²) in [4.78, 5) is 23.9. The minimum atomic E-state index is -0.521. The molecule has 84 valence electrons. The van der Waals surface area contributed by atoms with E-state index in [1.807, 2.05) is 0 Å². The molecule has 5 heteroatoms. The van der Waals surface area contributed by atoms with Crippen molar-refractivity contribution in [3.8, 4) is 0 Å². The second kappa shape index (κ2) is 4.22. The van der Waals surface area contributed by atoms with Gasteiger partial charge in [0.2, 0.25) is 11.1 Å². The number of carbonyl (C=O) groups is 2. The van der Waals surface area contributed by atoms with Crippen LogP contribution in [0.15, 0.2) is 24.3 Å². The third-order valence-electron chi connectivity index (χ3n) is 2.57. The molecule has 1 atom stereocenters. The molecule has 1 unspecified atom stereocenters. The zero-order valence-electron chi connectivity index (χ0n) is 8.32. The number of carbonyl (C=O) groups excluding carboxylic acids is 2. The van der Waals surface area contributed by atoms with E-state index < -0.39 is 17.0 Å². The summed E-state index contributed by atoms with van der Waals surface area (Å²) in [6, 6.07) is 5.71. The fourth-order valence-electron chi connectivity index (χ4n) is 1.75. The lowest BCUT2D eigenvalue weighted by atomic mass is 10.1. The number of nitrogens with zero attached hydrogens (tertiary/aromatic N) is 1. The molecular weight excluding hydrogens is 233 g/mol. The van der Waals surface area contributed by atoms with Gasteiger partial charge in [-0.05, 0) is 29.8 Å². The van der Waals surface area contributed by atoms with Crippen molar-refractivity contribution in [1.82, 2.24) is 0 Å². The van der Waals surface area contributed by atoms with Crippen molar-refractivity contribution in [2.24, 2.45) is 5.92 Å². The predicted octanol–water partition coefficient (Wildman–Crippen LogP) is 1.94. The Labute approximate surface area is 96.8 Å². The zero-order chi connectivity index (χ0) is 11.7. The summed E-state index contributed by atoms with van der Waals surface area (Å²) >= 11 is 5.34. The Balaban J connectivity index is 2.23. The Morgan fingerprint density at radius 2 is 2.25 bits per heavy atom. The number of rotatable bonds is 2. The molecule has 1 aliphatic heterocycles. The number of benzene rings is 1. The van der Waals surface area contributed by atoms with Crippen molar-refractivity contribution >= 4 is 28.4 Å². The summed E-state index contributed by atoms with van der Waals surface area (Å²) < 4.78 is 13.0. The SMILES string of the molecule is O=C(Cl)C1CC(=O)N(c2cccc(F)c2)C1. The maximum Gasteiger partial charge on any atom is 0.227 e. The van der Waals surface area contributed by atoms with Crippen LogP contribution in [0.2, 0.25) is 0 Å². The van der Waals surface area contributed by atoms with Crippen molar-refractivity contribution in [1.29, 1.82) is 0 Å². The Bertz CT molecular complexity index is 449. The molecule has 1 fully saturated rings. The lowest BCUT2D eigenvalue weighted by Gasteiger charge is -2.15. The highest BCUT2D eigenvalue weighted by atomic mass is 35.5. The molecule has 1 saturated heterocycles. The number of amides is 1. The molecule has 2 rings (SSSR count). The van der Waals surface area contributed by atoms with Gasteiger partial charge in [0.15, 0.2) is 0 Å². The smallest absolute Gasteiger partial charge is 0.227 e. The summed E-state index contributed by atoms with van der Waals surface area (Å²) in [5.74, 6) is -1.10. The van der Waals surface area contributed by atoms with E-state index >= 15 is 0 Å². The topological polar surface area (TPSA) is 37.4 Å². The first-order valence-electron chi connectivity index (χ1n) is 4.83. The second-order valence-electron chi connectivity index (χ2n) is 3.69. The van der Waals surface area contributed by atoms with Crippen LogP contribution in [0, 0.1) is 11.7 Å². The lowest BCUT2D eigenvalue weighted by Crippen LogP contribution is -2.25. The third-order valence-corrected chi connectivity index (χ3v) is 2.87. The first kappa shape index (κ1) is 11.1. The molecule has 0 N–H and O–H groups in total. The maximum atomic E-state index is 13.0. The van der Waals surface area contributed by atoms with Crippen molar-refractivity contribution in [3.63, 3.8) is 0 Å². The van der Waals surface area contributed by atoms with Gasteiger partial charge < -0.3 is 4.90 Å². The number of hydrogen-bond acceptors (Lipinski definition) is 2. The van der Waals surface area contributed by atoms with Gasteiger partial charge in [0, 0.05) is 18.7 Å². The molecule has 0 aromatic heterocycles. The summed E-state index contributed by atoms with van der Waals surface area (Å²) in [6.07, 6.45) is 0.0961. The van der Waals surface area contributed by atoms with E-state index in [2.05, 4.69) is 0 Å². The molecule has 0 aliphatic carbocycles. The largest absolute Gasteiger partial charge is 0.312 e. The van der Waals surface area contributed by atoms with Gasteiger partial charge in [0.25, 0.3) is 0 Å². The third kappa shape index (κ3) is 2.07. The van der Waals surface area contributed by atoms with Gasteiger partial charge in [-0.2, -0.15) is 0 Å². The van der Waals surface area contributed by atoms with Crippen LogP contribution >= 0.6 is 11.6 Å². The van der Waals surface area contributed by atoms with E-state index in [9.17, 15) is 14.0 Å². The first-order valence-corrected chi connectivity index (χ1v) is 5.21. The molecule has 1 amide bonds. The number of hydrogen-bond donors (Lipinski definition) is 0. The van der Waals surface area contributed by atoms with E-state index in [1.165, 1.54) is 23.1 Å². The van der Waals surface area contributed by atoms with Gasteiger partial charge in [-0.1, -0.05) is 6.07 Å². The van der Waals surface area contributed by atoms with Crippen molar-refractivity contribution in [2.75, 3.05) is 11.4 Å². The molecule has 0 bridgehead atoms. The fourth-order valence-corrected chi connectivity index (χ4v) is 1.90. The predicted molar refractivity (Wildman–Crippen MR) is 57.7 cm³/mol. The van der Waals surface area contributed by atoms with E-state index in [0.29, 0.717) is 5.69 Å². The maximum absolute atomic E-state index is 13.0. The Hall–Kier alpha value is -1.42. The van der Waals surface area contributed by atoms with Gasteiger partial charge in [-0.3, -0.25) is 9.59 Å². The summed E-state index contributed by atoms with van der Waals surface area (Å²) in [5, 5.41) is -0.521. The molecule has 1 aliphatic rings. The molecular formula is C11H9ClFNO2. The second-order valence-corrected chi connectivity index (χ2v) is 4.06. The highest BCUT2D eigenvalue weighted by molar-refractivity contribution is 6.64. The molecule has 0 spiro atoms. The van der Waals surface area contributed by atoms with E-state index in [-0.39, 0.29) is 18.9 Å². The average molecular weight is 242 g/mol. The van der Waals surface area contributed by atoms with E-state index in [1.54, 1.807) is 6.07 Å². The summed E-state index contributed by atoms with van der Waals surface area (Å²) in [7, 11) is 0. The van der Waals surface area contributed by atoms with E-state index in [0.717, 1.165) is 0 Å². The minimum Gasteiger partial charge on any atom is -0.312 e. The van der Waals surface area contributed by atoms with Crippen LogP contribution in [0.5, 0.6) is 0 Å². The Morgan fingerprint density at radius 1 is 1.50 bits per heavy atom. The fraction of sp³-hybridized carbons (Fsp3) is 0.273. The summed E-state index contributed by atoms with van der Waals surface area (Å²) in [5.41, 5.74) is 0.463. The van der Waals surface area contributed by atoms with Gasteiger partial charge in [-0.15, -0.1) is 0 Å². The Kier molecular flexibility index (Phi) is 2.92. The number of halogens is 2. The molecule has 0 saturated carbocycles. The van der Waals surface area contributed by atoms with Gasteiger partial charge in [-0.25, -0.2) is 4.39 Å². The molecule has 1 aromatic carbocycles. The first-order chi connectivity index (χ1) is 7.58. The molecule has 1 heterocycles. The number of anilines is 1. The average Bonchev–Trinajstić information content (AvgIpc) is 2.60. The van der Waals surface area contributed by atoms with Gasteiger partial charge >= 0.3 is 0 Å². The summed E-state index contributed by atoms with van der Waals surface area (Å²) in [6.45, 7) is 0.227. The molecule has 1 aromatic rings. The van der Waals surface area contributed by atoms with Crippen LogP contribution in [0.1, 0.15) is 6.42 Å². The van der Waals surface area contributed by atoms with Crippen molar-refractivity contribution in [2.45, 2.75) is 6.42 Å². The molecule has 16 heavy (non-hydrogen) atoms. The zero-order valence-corrected chi connectivity index (χ0v) is 9.08. The van der Waals surface area contributed by atoms with Crippen LogP contribution < -0.4 is 4.90 Å².